The third-order valence-corrected chi connectivity index (χ3v) is 5.62. The highest BCUT2D eigenvalue weighted by atomic mass is 32.1. The number of carbonyl (C=O) groups excluding carboxylic acids is 2. The molecular weight excluding hydrogens is 334 g/mol. The largest absolute Gasteiger partial charge is 0.497 e. The second-order valence-electron chi connectivity index (χ2n) is 6.35. The van der Waals surface area contributed by atoms with E-state index in [9.17, 15) is 9.59 Å². The number of Topliss-reactive ketones (excluding diaryl/α,β-unsaturated/α-hetero) is 1. The Morgan fingerprint density at radius 1 is 1.24 bits per heavy atom. The number of hydrogen-bond donors (Lipinski definition) is 0. The van der Waals surface area contributed by atoms with Crippen LogP contribution in [-0.4, -0.2) is 36.8 Å². The van der Waals surface area contributed by atoms with Crippen molar-refractivity contribution in [3.05, 3.63) is 52.2 Å². The van der Waals surface area contributed by atoms with E-state index in [1.54, 1.807) is 42.7 Å². The van der Waals surface area contributed by atoms with Gasteiger partial charge in [-0.2, -0.15) is 0 Å². The standard InChI is InChI=1S/C20H23NO3S/c1-24-17-8-6-15(7-9-17)20(23)16-4-2-12-21(14-16)19(22)11-10-18-5-3-13-25-18/h3,5-9,13,16H,2,4,10-12,14H2,1H3. The molecular formula is C20H23NO3S. The monoisotopic (exact) mass is 357 g/mol. The Morgan fingerprint density at radius 3 is 2.72 bits per heavy atom. The maximum Gasteiger partial charge on any atom is 0.222 e. The third kappa shape index (κ3) is 4.48. The molecule has 0 spiro atoms. The summed E-state index contributed by atoms with van der Waals surface area (Å²) in [4.78, 5) is 28.3. The van der Waals surface area contributed by atoms with Crippen molar-refractivity contribution < 1.29 is 14.3 Å². The Balaban J connectivity index is 1.57. The number of ether oxygens (including phenoxy) is 1. The average Bonchev–Trinajstić information content (AvgIpc) is 3.19. The number of hydrogen-bond acceptors (Lipinski definition) is 4. The van der Waals surface area contributed by atoms with E-state index in [0.29, 0.717) is 18.5 Å². The average molecular weight is 357 g/mol. The highest BCUT2D eigenvalue weighted by Gasteiger charge is 2.28. The first-order valence-corrected chi connectivity index (χ1v) is 9.54. The minimum atomic E-state index is -0.104. The van der Waals surface area contributed by atoms with Crippen molar-refractivity contribution >= 4 is 23.0 Å². The van der Waals surface area contributed by atoms with E-state index in [-0.39, 0.29) is 17.6 Å². The van der Waals surface area contributed by atoms with E-state index >= 15 is 0 Å². The molecule has 1 aromatic heterocycles. The molecule has 1 fully saturated rings. The first kappa shape index (κ1) is 17.7. The van der Waals surface area contributed by atoms with Crippen LogP contribution < -0.4 is 4.74 Å². The smallest absolute Gasteiger partial charge is 0.222 e. The van der Waals surface area contributed by atoms with Crippen LogP contribution in [0.2, 0.25) is 0 Å². The van der Waals surface area contributed by atoms with Gasteiger partial charge in [0, 0.05) is 35.9 Å². The minimum Gasteiger partial charge on any atom is -0.497 e. The van der Waals surface area contributed by atoms with E-state index in [1.807, 2.05) is 16.3 Å². The zero-order valence-electron chi connectivity index (χ0n) is 14.4. The summed E-state index contributed by atoms with van der Waals surface area (Å²) in [6, 6.07) is 11.3. The highest BCUT2D eigenvalue weighted by molar-refractivity contribution is 7.09. The van der Waals surface area contributed by atoms with Crippen LogP contribution in [0.3, 0.4) is 0 Å². The van der Waals surface area contributed by atoms with Crippen molar-refractivity contribution in [2.45, 2.75) is 25.7 Å². The van der Waals surface area contributed by atoms with E-state index in [2.05, 4.69) is 6.07 Å². The molecule has 132 valence electrons. The summed E-state index contributed by atoms with van der Waals surface area (Å²) in [5.74, 6) is 0.914. The molecule has 3 rings (SSSR count). The molecule has 1 unspecified atom stereocenters. The molecule has 5 heteroatoms. The lowest BCUT2D eigenvalue weighted by atomic mass is 9.90. The number of aryl methyl sites for hydroxylation is 1. The number of amides is 1. The fourth-order valence-corrected chi connectivity index (χ4v) is 3.96. The Labute approximate surface area is 152 Å². The molecule has 1 atom stereocenters. The summed E-state index contributed by atoms with van der Waals surface area (Å²) < 4.78 is 5.14. The van der Waals surface area contributed by atoms with Crippen LogP contribution >= 0.6 is 11.3 Å². The van der Waals surface area contributed by atoms with Gasteiger partial charge in [-0.1, -0.05) is 6.07 Å². The summed E-state index contributed by atoms with van der Waals surface area (Å²) in [6.07, 6.45) is 3.03. The van der Waals surface area contributed by atoms with Gasteiger partial charge in [-0.05, 0) is 55.0 Å². The van der Waals surface area contributed by atoms with Crippen molar-refractivity contribution in [1.82, 2.24) is 4.90 Å². The van der Waals surface area contributed by atoms with Gasteiger partial charge in [0.05, 0.1) is 7.11 Å². The predicted octanol–water partition coefficient (Wildman–Crippen LogP) is 3.81. The van der Waals surface area contributed by atoms with Crippen LogP contribution in [0.15, 0.2) is 41.8 Å². The lowest BCUT2D eigenvalue weighted by molar-refractivity contribution is -0.132. The summed E-state index contributed by atoms with van der Waals surface area (Å²) in [5, 5.41) is 2.03. The number of methoxy groups -OCH3 is 1. The number of nitrogens with zero attached hydrogens (tertiary/aromatic N) is 1. The zero-order chi connectivity index (χ0) is 17.6. The molecule has 1 saturated heterocycles. The topological polar surface area (TPSA) is 46.6 Å². The SMILES string of the molecule is COc1ccc(C(=O)C2CCCN(C(=O)CCc3cccs3)C2)cc1. The highest BCUT2D eigenvalue weighted by Crippen LogP contribution is 2.23. The van der Waals surface area contributed by atoms with E-state index in [1.165, 1.54) is 4.88 Å². The first-order chi connectivity index (χ1) is 12.2. The van der Waals surface area contributed by atoms with Gasteiger partial charge in [-0.3, -0.25) is 9.59 Å². The van der Waals surface area contributed by atoms with Crippen LogP contribution in [0.25, 0.3) is 0 Å². The lowest BCUT2D eigenvalue weighted by Crippen LogP contribution is -2.42. The fourth-order valence-electron chi connectivity index (χ4n) is 3.25. The minimum absolute atomic E-state index is 0.104. The molecule has 2 aromatic rings. The summed E-state index contributed by atoms with van der Waals surface area (Å²) in [6.45, 7) is 1.30. The van der Waals surface area contributed by atoms with Crippen molar-refractivity contribution in [2.24, 2.45) is 5.92 Å². The molecule has 1 amide bonds. The van der Waals surface area contributed by atoms with Gasteiger partial charge < -0.3 is 9.64 Å². The van der Waals surface area contributed by atoms with Crippen LogP contribution in [0, 0.1) is 5.92 Å². The van der Waals surface area contributed by atoms with Crippen LogP contribution in [0.4, 0.5) is 0 Å². The lowest BCUT2D eigenvalue weighted by Gasteiger charge is -2.32. The van der Waals surface area contributed by atoms with Gasteiger partial charge in [0.15, 0.2) is 5.78 Å². The molecule has 0 N–H and O–H groups in total. The molecule has 1 aliphatic heterocycles. The van der Waals surface area contributed by atoms with Crippen molar-refractivity contribution in [3.8, 4) is 5.75 Å². The molecule has 25 heavy (non-hydrogen) atoms. The second-order valence-corrected chi connectivity index (χ2v) is 7.38. The Hall–Kier alpha value is -2.14. The fraction of sp³-hybridized carbons (Fsp3) is 0.400. The number of piperidine rings is 1. The number of thiophene rings is 1. The second kappa shape index (κ2) is 8.30. The number of carbonyl (C=O) groups is 2. The molecule has 4 nitrogen and oxygen atoms in total. The summed E-state index contributed by atoms with van der Waals surface area (Å²) in [5.41, 5.74) is 0.693. The Bertz CT molecular complexity index is 709. The molecule has 0 saturated carbocycles. The van der Waals surface area contributed by atoms with E-state index in [0.717, 1.165) is 31.6 Å². The Kier molecular flexibility index (Phi) is 5.87. The summed E-state index contributed by atoms with van der Waals surface area (Å²) >= 11 is 1.68. The molecule has 0 bridgehead atoms. The number of likely N-dealkylation sites (tertiary alicyclic amines) is 1. The predicted molar refractivity (Wildman–Crippen MR) is 99.3 cm³/mol. The maximum absolute atomic E-state index is 12.7. The normalized spacial score (nSPS) is 17.3. The Morgan fingerprint density at radius 2 is 2.04 bits per heavy atom. The number of ketones is 1. The van der Waals surface area contributed by atoms with Crippen molar-refractivity contribution in [2.75, 3.05) is 20.2 Å². The van der Waals surface area contributed by atoms with Gasteiger partial charge in [0.25, 0.3) is 0 Å². The summed E-state index contributed by atoms with van der Waals surface area (Å²) in [7, 11) is 1.61. The van der Waals surface area contributed by atoms with Crippen LogP contribution in [-0.2, 0) is 11.2 Å². The molecule has 0 aliphatic carbocycles. The molecule has 2 heterocycles. The van der Waals surface area contributed by atoms with Gasteiger partial charge in [-0.15, -0.1) is 11.3 Å². The zero-order valence-corrected chi connectivity index (χ0v) is 15.3. The number of benzene rings is 1. The quantitative estimate of drug-likeness (QED) is 0.739. The van der Waals surface area contributed by atoms with Gasteiger partial charge in [0.2, 0.25) is 5.91 Å². The van der Waals surface area contributed by atoms with Gasteiger partial charge in [-0.25, -0.2) is 0 Å². The first-order valence-electron chi connectivity index (χ1n) is 8.66. The molecule has 1 aliphatic rings. The van der Waals surface area contributed by atoms with Crippen molar-refractivity contribution in [3.63, 3.8) is 0 Å². The van der Waals surface area contributed by atoms with Gasteiger partial charge >= 0.3 is 0 Å². The van der Waals surface area contributed by atoms with Gasteiger partial charge in [0.1, 0.15) is 5.75 Å². The third-order valence-electron chi connectivity index (χ3n) is 4.68. The molecule has 1 aromatic carbocycles. The van der Waals surface area contributed by atoms with Crippen molar-refractivity contribution in [1.29, 1.82) is 0 Å². The molecule has 0 radical (unpaired) electrons. The van der Waals surface area contributed by atoms with Crippen LogP contribution in [0.5, 0.6) is 5.75 Å². The number of rotatable bonds is 6. The maximum atomic E-state index is 12.7. The van der Waals surface area contributed by atoms with E-state index in [4.69, 9.17) is 4.74 Å². The van der Waals surface area contributed by atoms with Crippen LogP contribution in [0.1, 0.15) is 34.5 Å². The van der Waals surface area contributed by atoms with E-state index < -0.39 is 0 Å².